The fraction of sp³-hybridized carbons (Fsp3) is 0.579. The summed E-state index contributed by atoms with van der Waals surface area (Å²) in [5.74, 6) is -0.0833. The van der Waals surface area contributed by atoms with Crippen molar-refractivity contribution in [2.24, 2.45) is 0 Å². The molecular weight excluding hydrogens is 380 g/mol. The summed E-state index contributed by atoms with van der Waals surface area (Å²) < 4.78 is 27.2. The zero-order valence-corrected chi connectivity index (χ0v) is 17.8. The van der Waals surface area contributed by atoms with Gasteiger partial charge in [-0.15, -0.1) is 0 Å². The molecule has 1 aliphatic rings. The van der Waals surface area contributed by atoms with Crippen LogP contribution in [-0.2, 0) is 14.8 Å². The summed E-state index contributed by atoms with van der Waals surface area (Å²) in [7, 11) is -0.129. The Hall–Kier alpha value is -1.97. The zero-order valence-electron chi connectivity index (χ0n) is 17.0. The predicted octanol–water partition coefficient (Wildman–Crippen LogP) is 0.609. The highest BCUT2D eigenvalue weighted by Crippen LogP contribution is 2.14. The fourth-order valence-corrected chi connectivity index (χ4v) is 4.14. The molecule has 1 aliphatic heterocycles. The highest BCUT2D eigenvalue weighted by atomic mass is 32.2. The molecule has 156 valence electrons. The molecule has 0 radical (unpaired) electrons. The Labute approximate surface area is 167 Å². The number of hydrogen-bond donors (Lipinski definition) is 1. The molecule has 0 aromatic heterocycles. The van der Waals surface area contributed by atoms with E-state index in [1.54, 1.807) is 43.0 Å². The van der Waals surface area contributed by atoms with Gasteiger partial charge in [0.25, 0.3) is 5.91 Å². The summed E-state index contributed by atoms with van der Waals surface area (Å²) in [5, 5.41) is 0. The van der Waals surface area contributed by atoms with Gasteiger partial charge in [0.15, 0.2) is 0 Å². The van der Waals surface area contributed by atoms with Gasteiger partial charge in [0.2, 0.25) is 15.9 Å². The first-order valence-corrected chi connectivity index (χ1v) is 11.0. The average Bonchev–Trinajstić information content (AvgIpc) is 2.67. The Morgan fingerprint density at radius 2 is 1.68 bits per heavy atom. The number of amides is 2. The molecule has 2 rings (SSSR count). The van der Waals surface area contributed by atoms with Crippen molar-refractivity contribution < 1.29 is 18.0 Å². The molecule has 1 aromatic carbocycles. The summed E-state index contributed by atoms with van der Waals surface area (Å²) in [5.41, 5.74) is 0.459. The molecule has 1 N–H and O–H groups in total. The second-order valence-corrected chi connectivity index (χ2v) is 9.03. The SMILES string of the molecule is CCC(C)NS(=O)(=O)c1ccc(C(=O)N2CCN(CC(=O)N(C)C)CC2)cc1. The molecule has 1 atom stereocenters. The van der Waals surface area contributed by atoms with Crippen LogP contribution in [0.15, 0.2) is 29.2 Å². The summed E-state index contributed by atoms with van der Waals surface area (Å²) in [4.78, 5) is 30.0. The molecule has 1 heterocycles. The number of sulfonamides is 1. The van der Waals surface area contributed by atoms with Crippen molar-refractivity contribution in [1.82, 2.24) is 19.4 Å². The van der Waals surface area contributed by atoms with Crippen molar-refractivity contribution in [3.63, 3.8) is 0 Å². The molecular formula is C19H30N4O4S. The van der Waals surface area contributed by atoms with Gasteiger partial charge in [0.1, 0.15) is 0 Å². The second kappa shape index (κ2) is 9.49. The quantitative estimate of drug-likeness (QED) is 0.711. The zero-order chi connectivity index (χ0) is 20.9. The lowest BCUT2D eigenvalue weighted by Crippen LogP contribution is -2.51. The summed E-state index contributed by atoms with van der Waals surface area (Å²) >= 11 is 0. The normalized spacial score (nSPS) is 16.6. The van der Waals surface area contributed by atoms with Crippen molar-refractivity contribution in [2.45, 2.75) is 31.2 Å². The first kappa shape index (κ1) is 22.3. The second-order valence-electron chi connectivity index (χ2n) is 7.31. The van der Waals surface area contributed by atoms with Crippen LogP contribution >= 0.6 is 0 Å². The van der Waals surface area contributed by atoms with Gasteiger partial charge in [-0.05, 0) is 37.6 Å². The first-order chi connectivity index (χ1) is 13.1. The van der Waals surface area contributed by atoms with E-state index in [1.807, 2.05) is 11.8 Å². The summed E-state index contributed by atoms with van der Waals surface area (Å²) in [6, 6.07) is 5.88. The monoisotopic (exact) mass is 410 g/mol. The van der Waals surface area contributed by atoms with Crippen LogP contribution in [0, 0.1) is 0 Å². The molecule has 9 heteroatoms. The topological polar surface area (TPSA) is 90.0 Å². The highest BCUT2D eigenvalue weighted by Gasteiger charge is 2.24. The standard InChI is InChI=1S/C19H30N4O4S/c1-5-15(2)20-28(26,27)17-8-6-16(7-9-17)19(25)23-12-10-22(11-13-23)14-18(24)21(3)4/h6-9,15,20H,5,10-14H2,1-4H3. The fourth-order valence-electron chi connectivity index (χ4n) is 2.82. The number of hydrogen-bond acceptors (Lipinski definition) is 5. The van der Waals surface area contributed by atoms with Gasteiger partial charge in [0, 0.05) is 51.9 Å². The lowest BCUT2D eigenvalue weighted by atomic mass is 10.2. The maximum absolute atomic E-state index is 12.7. The van der Waals surface area contributed by atoms with Crippen LogP contribution in [-0.4, -0.2) is 87.8 Å². The van der Waals surface area contributed by atoms with Gasteiger partial charge in [0.05, 0.1) is 11.4 Å². The Morgan fingerprint density at radius 3 is 2.18 bits per heavy atom. The van der Waals surface area contributed by atoms with E-state index in [4.69, 9.17) is 0 Å². The van der Waals surface area contributed by atoms with E-state index in [0.717, 1.165) is 0 Å². The van der Waals surface area contributed by atoms with Crippen LogP contribution < -0.4 is 4.72 Å². The van der Waals surface area contributed by atoms with E-state index < -0.39 is 10.0 Å². The third-order valence-electron chi connectivity index (χ3n) is 4.90. The Bertz CT molecular complexity index is 785. The largest absolute Gasteiger partial charge is 0.348 e. The predicted molar refractivity (Wildman–Crippen MR) is 108 cm³/mol. The maximum atomic E-state index is 12.7. The lowest BCUT2D eigenvalue weighted by molar-refractivity contribution is -0.130. The maximum Gasteiger partial charge on any atom is 0.253 e. The molecule has 1 aromatic rings. The van der Waals surface area contributed by atoms with E-state index in [2.05, 4.69) is 4.72 Å². The molecule has 1 unspecified atom stereocenters. The van der Waals surface area contributed by atoms with E-state index >= 15 is 0 Å². The van der Waals surface area contributed by atoms with Crippen LogP contribution in [0.25, 0.3) is 0 Å². The molecule has 1 fully saturated rings. The first-order valence-electron chi connectivity index (χ1n) is 9.48. The number of carbonyl (C=O) groups excluding carboxylic acids is 2. The van der Waals surface area contributed by atoms with E-state index in [9.17, 15) is 18.0 Å². The molecule has 0 bridgehead atoms. The van der Waals surface area contributed by atoms with Crippen LogP contribution in [0.5, 0.6) is 0 Å². The Balaban J connectivity index is 1.96. The van der Waals surface area contributed by atoms with E-state index in [0.29, 0.717) is 44.7 Å². The van der Waals surface area contributed by atoms with Crippen molar-refractivity contribution >= 4 is 21.8 Å². The number of nitrogens with one attached hydrogen (secondary N) is 1. The minimum Gasteiger partial charge on any atom is -0.348 e. The van der Waals surface area contributed by atoms with E-state index in [-0.39, 0.29) is 22.8 Å². The minimum absolute atomic E-state index is 0.0441. The van der Waals surface area contributed by atoms with Gasteiger partial charge in [-0.2, -0.15) is 0 Å². The van der Waals surface area contributed by atoms with Crippen LogP contribution in [0.3, 0.4) is 0 Å². The van der Waals surface area contributed by atoms with Gasteiger partial charge in [-0.1, -0.05) is 6.92 Å². The van der Waals surface area contributed by atoms with Gasteiger partial charge in [-0.25, -0.2) is 13.1 Å². The number of carbonyl (C=O) groups is 2. The molecule has 8 nitrogen and oxygen atoms in total. The molecule has 0 saturated carbocycles. The molecule has 1 saturated heterocycles. The van der Waals surface area contributed by atoms with Crippen molar-refractivity contribution in [2.75, 3.05) is 46.8 Å². The summed E-state index contributed by atoms with van der Waals surface area (Å²) in [6.07, 6.45) is 0.696. The minimum atomic E-state index is -3.58. The van der Waals surface area contributed by atoms with Crippen molar-refractivity contribution in [3.05, 3.63) is 29.8 Å². The van der Waals surface area contributed by atoms with Gasteiger partial charge in [-0.3, -0.25) is 14.5 Å². The van der Waals surface area contributed by atoms with Crippen LogP contribution in [0.1, 0.15) is 30.6 Å². The Morgan fingerprint density at radius 1 is 1.11 bits per heavy atom. The van der Waals surface area contributed by atoms with Crippen LogP contribution in [0.2, 0.25) is 0 Å². The Kier molecular flexibility index (Phi) is 7.56. The van der Waals surface area contributed by atoms with Gasteiger partial charge >= 0.3 is 0 Å². The lowest BCUT2D eigenvalue weighted by Gasteiger charge is -2.34. The number of likely N-dealkylation sites (N-methyl/N-ethyl adjacent to an activating group) is 1. The van der Waals surface area contributed by atoms with Crippen molar-refractivity contribution in [1.29, 1.82) is 0 Å². The molecule has 2 amide bonds. The number of nitrogens with zero attached hydrogens (tertiary/aromatic N) is 3. The molecule has 0 aliphatic carbocycles. The highest BCUT2D eigenvalue weighted by molar-refractivity contribution is 7.89. The average molecular weight is 411 g/mol. The smallest absolute Gasteiger partial charge is 0.253 e. The molecule has 28 heavy (non-hydrogen) atoms. The third-order valence-corrected chi connectivity index (χ3v) is 6.50. The summed E-state index contributed by atoms with van der Waals surface area (Å²) in [6.45, 7) is 6.41. The van der Waals surface area contributed by atoms with E-state index in [1.165, 1.54) is 12.1 Å². The number of benzene rings is 1. The number of piperazine rings is 1. The van der Waals surface area contributed by atoms with Crippen molar-refractivity contribution in [3.8, 4) is 0 Å². The van der Waals surface area contributed by atoms with Gasteiger partial charge < -0.3 is 9.80 Å². The molecule has 0 spiro atoms. The number of rotatable bonds is 7. The third kappa shape index (κ3) is 5.76. The van der Waals surface area contributed by atoms with Crippen LogP contribution in [0.4, 0.5) is 0 Å².